The molecule has 1 saturated carbocycles. The summed E-state index contributed by atoms with van der Waals surface area (Å²) in [6.45, 7) is 0.119. The molecule has 0 aliphatic heterocycles. The van der Waals surface area contributed by atoms with E-state index in [1.807, 2.05) is 0 Å². The molecule has 2 aromatic rings. The molecule has 1 aliphatic rings. The summed E-state index contributed by atoms with van der Waals surface area (Å²) in [5.74, 6) is -1.72. The van der Waals surface area contributed by atoms with Gasteiger partial charge in [0.2, 0.25) is 11.8 Å². The number of carbonyl (C=O) groups excluding carboxylic acids is 2. The molecule has 1 fully saturated rings. The minimum atomic E-state index is -4.62. The van der Waals surface area contributed by atoms with Crippen molar-refractivity contribution in [1.82, 2.24) is 5.32 Å². The van der Waals surface area contributed by atoms with Crippen molar-refractivity contribution in [2.24, 2.45) is 5.41 Å². The zero-order valence-corrected chi connectivity index (χ0v) is 14.8. The number of hydrogen-bond acceptors (Lipinski definition) is 2. The van der Waals surface area contributed by atoms with Crippen LogP contribution in [0.5, 0.6) is 0 Å². The van der Waals surface area contributed by atoms with E-state index in [4.69, 9.17) is 0 Å². The van der Waals surface area contributed by atoms with Crippen LogP contribution in [0.3, 0.4) is 0 Å². The highest BCUT2D eigenvalue weighted by Gasteiger charge is 2.56. The first-order valence-corrected chi connectivity index (χ1v) is 8.73. The number of hydrogen-bond donors (Lipinski definition) is 2. The summed E-state index contributed by atoms with van der Waals surface area (Å²) in [6.07, 6.45) is -3.88. The van der Waals surface area contributed by atoms with Gasteiger partial charge < -0.3 is 10.6 Å². The van der Waals surface area contributed by atoms with E-state index in [0.29, 0.717) is 5.56 Å². The van der Waals surface area contributed by atoms with Gasteiger partial charge in [-0.25, -0.2) is 4.39 Å². The minimum absolute atomic E-state index is 0.119. The summed E-state index contributed by atoms with van der Waals surface area (Å²) in [7, 11) is 0. The zero-order valence-electron chi connectivity index (χ0n) is 14.8. The standard InChI is InChI=1S/C20H18F4N2O2/c21-15-7-3-1-5-13(15)9-12-25-17(27)19(10-11-19)18(28)26-16-8-4-2-6-14(16)20(22,23)24/h1-8H,9-12H2,(H,25,27)(H,26,28). The summed E-state index contributed by atoms with van der Waals surface area (Å²) in [6, 6.07) is 10.7. The number of alkyl halides is 3. The van der Waals surface area contributed by atoms with Gasteiger partial charge in [-0.15, -0.1) is 0 Å². The van der Waals surface area contributed by atoms with Gasteiger partial charge in [0.25, 0.3) is 0 Å². The highest BCUT2D eigenvalue weighted by atomic mass is 19.4. The van der Waals surface area contributed by atoms with Gasteiger partial charge in [-0.1, -0.05) is 30.3 Å². The van der Waals surface area contributed by atoms with E-state index < -0.39 is 29.0 Å². The van der Waals surface area contributed by atoms with E-state index in [1.54, 1.807) is 18.2 Å². The van der Waals surface area contributed by atoms with Crippen molar-refractivity contribution in [2.75, 3.05) is 11.9 Å². The third kappa shape index (κ3) is 4.16. The molecule has 4 nitrogen and oxygen atoms in total. The number of carbonyl (C=O) groups is 2. The van der Waals surface area contributed by atoms with Gasteiger partial charge in [-0.2, -0.15) is 13.2 Å². The molecule has 0 spiro atoms. The number of anilines is 1. The third-order valence-corrected chi connectivity index (χ3v) is 4.74. The number of amides is 2. The maximum Gasteiger partial charge on any atom is 0.418 e. The van der Waals surface area contributed by atoms with Crippen molar-refractivity contribution in [3.05, 3.63) is 65.5 Å². The lowest BCUT2D eigenvalue weighted by molar-refractivity contribution is -0.137. The van der Waals surface area contributed by atoms with Crippen LogP contribution in [-0.2, 0) is 22.2 Å². The van der Waals surface area contributed by atoms with Gasteiger partial charge in [0.15, 0.2) is 0 Å². The Bertz CT molecular complexity index is 892. The van der Waals surface area contributed by atoms with Crippen LogP contribution in [0.15, 0.2) is 48.5 Å². The van der Waals surface area contributed by atoms with Crippen molar-refractivity contribution in [2.45, 2.75) is 25.4 Å². The number of benzene rings is 2. The maximum absolute atomic E-state index is 13.6. The molecule has 3 rings (SSSR count). The predicted molar refractivity (Wildman–Crippen MR) is 94.9 cm³/mol. The normalized spacial score (nSPS) is 15.0. The molecule has 0 bridgehead atoms. The summed E-state index contributed by atoms with van der Waals surface area (Å²) in [5.41, 5.74) is -2.31. The van der Waals surface area contributed by atoms with Crippen LogP contribution in [0.25, 0.3) is 0 Å². The van der Waals surface area contributed by atoms with E-state index >= 15 is 0 Å². The first-order chi connectivity index (χ1) is 13.2. The van der Waals surface area contributed by atoms with E-state index in [1.165, 1.54) is 18.2 Å². The van der Waals surface area contributed by atoms with Crippen LogP contribution in [0, 0.1) is 11.2 Å². The quantitative estimate of drug-likeness (QED) is 0.576. The van der Waals surface area contributed by atoms with Gasteiger partial charge >= 0.3 is 6.18 Å². The Kier molecular flexibility index (Phi) is 5.40. The predicted octanol–water partition coefficient (Wildman–Crippen LogP) is 3.92. The highest BCUT2D eigenvalue weighted by Crippen LogP contribution is 2.47. The van der Waals surface area contributed by atoms with E-state index in [0.717, 1.165) is 12.1 Å². The SMILES string of the molecule is O=C(NCCc1ccccc1F)C1(C(=O)Nc2ccccc2C(F)(F)F)CC1. The molecule has 28 heavy (non-hydrogen) atoms. The average Bonchev–Trinajstić information content (AvgIpc) is 3.45. The summed E-state index contributed by atoms with van der Waals surface area (Å²) in [4.78, 5) is 24.9. The molecule has 0 radical (unpaired) electrons. The van der Waals surface area contributed by atoms with E-state index in [2.05, 4.69) is 10.6 Å². The van der Waals surface area contributed by atoms with Gasteiger partial charge in [0, 0.05) is 6.54 Å². The van der Waals surface area contributed by atoms with Crippen molar-refractivity contribution in [3.8, 4) is 0 Å². The van der Waals surface area contributed by atoms with Gasteiger partial charge in [0.1, 0.15) is 11.2 Å². The van der Waals surface area contributed by atoms with Crippen molar-refractivity contribution in [3.63, 3.8) is 0 Å². The lowest BCUT2D eigenvalue weighted by atomic mass is 10.0. The van der Waals surface area contributed by atoms with Crippen molar-refractivity contribution >= 4 is 17.5 Å². The maximum atomic E-state index is 13.6. The molecular formula is C20H18F4N2O2. The van der Waals surface area contributed by atoms with Gasteiger partial charge in [0.05, 0.1) is 11.3 Å². The first-order valence-electron chi connectivity index (χ1n) is 8.73. The Hall–Kier alpha value is -2.90. The lowest BCUT2D eigenvalue weighted by Crippen LogP contribution is -2.41. The molecule has 0 heterocycles. The number of rotatable bonds is 6. The Morgan fingerprint density at radius 2 is 1.61 bits per heavy atom. The molecule has 2 N–H and O–H groups in total. The second-order valence-electron chi connectivity index (χ2n) is 6.68. The molecular weight excluding hydrogens is 376 g/mol. The number of halogens is 4. The molecule has 0 saturated heterocycles. The molecule has 2 amide bonds. The Morgan fingerprint density at radius 1 is 0.964 bits per heavy atom. The smallest absolute Gasteiger partial charge is 0.355 e. The highest BCUT2D eigenvalue weighted by molar-refractivity contribution is 6.13. The monoisotopic (exact) mass is 394 g/mol. The summed E-state index contributed by atoms with van der Waals surface area (Å²) < 4.78 is 52.8. The average molecular weight is 394 g/mol. The fraction of sp³-hybridized carbons (Fsp3) is 0.300. The fourth-order valence-corrected chi connectivity index (χ4v) is 2.94. The molecule has 0 aromatic heterocycles. The second-order valence-corrected chi connectivity index (χ2v) is 6.68. The van der Waals surface area contributed by atoms with Crippen molar-refractivity contribution in [1.29, 1.82) is 0 Å². The number of para-hydroxylation sites is 1. The number of nitrogens with one attached hydrogen (secondary N) is 2. The van der Waals surface area contributed by atoms with Crippen LogP contribution in [0.2, 0.25) is 0 Å². The molecule has 0 unspecified atom stereocenters. The topological polar surface area (TPSA) is 58.2 Å². The Morgan fingerprint density at radius 3 is 2.25 bits per heavy atom. The van der Waals surface area contributed by atoms with Crippen molar-refractivity contribution < 1.29 is 27.2 Å². The Balaban J connectivity index is 1.63. The lowest BCUT2D eigenvalue weighted by Gasteiger charge is -2.18. The van der Waals surface area contributed by atoms with Crippen LogP contribution in [0.4, 0.5) is 23.2 Å². The molecule has 2 aromatic carbocycles. The summed E-state index contributed by atoms with van der Waals surface area (Å²) >= 11 is 0. The minimum Gasteiger partial charge on any atom is -0.355 e. The summed E-state index contributed by atoms with van der Waals surface area (Å²) in [5, 5.41) is 4.82. The van der Waals surface area contributed by atoms with E-state index in [-0.39, 0.29) is 37.3 Å². The van der Waals surface area contributed by atoms with E-state index in [9.17, 15) is 27.2 Å². The second kappa shape index (κ2) is 7.61. The molecule has 148 valence electrons. The van der Waals surface area contributed by atoms with Crippen LogP contribution >= 0.6 is 0 Å². The fourth-order valence-electron chi connectivity index (χ4n) is 2.94. The van der Waals surface area contributed by atoms with Gasteiger partial charge in [-0.3, -0.25) is 9.59 Å². The van der Waals surface area contributed by atoms with Crippen LogP contribution in [0.1, 0.15) is 24.0 Å². The van der Waals surface area contributed by atoms with Gasteiger partial charge in [-0.05, 0) is 43.0 Å². The van der Waals surface area contributed by atoms with Crippen LogP contribution in [-0.4, -0.2) is 18.4 Å². The van der Waals surface area contributed by atoms with Crippen LogP contribution < -0.4 is 10.6 Å². The largest absolute Gasteiger partial charge is 0.418 e. The Labute approximate surface area is 158 Å². The third-order valence-electron chi connectivity index (χ3n) is 4.74. The zero-order chi connectivity index (χ0) is 20.4. The first kappa shape index (κ1) is 19.9. The molecule has 0 atom stereocenters. The molecule has 1 aliphatic carbocycles. The molecule has 8 heteroatoms.